The average Bonchev–Trinajstić information content (AvgIpc) is 3.17. The smallest absolute Gasteiger partial charge is 0.261 e. The minimum atomic E-state index is -0.0405. The first-order chi connectivity index (χ1) is 10.6. The Kier molecular flexibility index (Phi) is 4.49. The number of nitrogens with one attached hydrogen (secondary N) is 1. The largest absolute Gasteiger partial charge is 0.347 e. The molecule has 1 amide bonds. The first kappa shape index (κ1) is 15.1. The summed E-state index contributed by atoms with van der Waals surface area (Å²) in [7, 11) is 2.13. The van der Waals surface area contributed by atoms with Gasteiger partial charge in [0.1, 0.15) is 5.82 Å². The van der Waals surface area contributed by atoms with Crippen molar-refractivity contribution in [3.63, 3.8) is 0 Å². The predicted octanol–water partition coefficient (Wildman–Crippen LogP) is 2.54. The van der Waals surface area contributed by atoms with E-state index in [0.29, 0.717) is 12.6 Å². The van der Waals surface area contributed by atoms with E-state index >= 15 is 0 Å². The zero-order valence-corrected chi connectivity index (χ0v) is 13.7. The second-order valence-corrected chi connectivity index (χ2v) is 6.57. The third-order valence-corrected chi connectivity index (χ3v) is 4.91. The van der Waals surface area contributed by atoms with Crippen LogP contribution in [-0.4, -0.2) is 34.4 Å². The van der Waals surface area contributed by atoms with Crippen LogP contribution in [0.15, 0.2) is 23.7 Å². The number of hydrogen-bond acceptors (Lipinski definition) is 5. The molecule has 0 bridgehead atoms. The molecule has 3 rings (SSSR count). The van der Waals surface area contributed by atoms with Crippen LogP contribution in [0.3, 0.4) is 0 Å². The zero-order chi connectivity index (χ0) is 15.5. The van der Waals surface area contributed by atoms with Crippen LogP contribution in [0.5, 0.6) is 0 Å². The van der Waals surface area contributed by atoms with Crippen molar-refractivity contribution < 1.29 is 4.79 Å². The lowest BCUT2D eigenvalue weighted by Crippen LogP contribution is -2.25. The van der Waals surface area contributed by atoms with E-state index in [1.165, 1.54) is 17.8 Å². The molecular weight excluding hydrogens is 296 g/mol. The van der Waals surface area contributed by atoms with Crippen molar-refractivity contribution in [3.05, 3.63) is 45.7 Å². The van der Waals surface area contributed by atoms with E-state index in [-0.39, 0.29) is 5.91 Å². The van der Waals surface area contributed by atoms with Gasteiger partial charge < -0.3 is 5.32 Å². The Balaban J connectivity index is 1.77. The molecule has 0 spiro atoms. The van der Waals surface area contributed by atoms with Crippen molar-refractivity contribution in [2.24, 2.45) is 0 Å². The summed E-state index contributed by atoms with van der Waals surface area (Å²) in [6.07, 6.45) is 4.14. The first-order valence-corrected chi connectivity index (χ1v) is 8.37. The molecule has 0 radical (unpaired) electrons. The number of carbonyl (C=O) groups is 1. The van der Waals surface area contributed by atoms with Gasteiger partial charge in [-0.1, -0.05) is 6.07 Å². The molecule has 0 unspecified atom stereocenters. The molecule has 1 atom stereocenters. The Labute approximate surface area is 134 Å². The van der Waals surface area contributed by atoms with Gasteiger partial charge in [-0.25, -0.2) is 9.97 Å². The van der Waals surface area contributed by atoms with Crippen molar-refractivity contribution in [2.75, 3.05) is 13.6 Å². The van der Waals surface area contributed by atoms with E-state index in [4.69, 9.17) is 0 Å². The Morgan fingerprint density at radius 1 is 1.55 bits per heavy atom. The topological polar surface area (TPSA) is 58.1 Å². The summed E-state index contributed by atoms with van der Waals surface area (Å²) in [5.74, 6) is 0.741. The van der Waals surface area contributed by atoms with E-state index in [1.807, 2.05) is 30.6 Å². The summed E-state index contributed by atoms with van der Waals surface area (Å²) >= 11 is 1.45. The summed E-state index contributed by atoms with van der Waals surface area (Å²) in [4.78, 5) is 24.1. The number of carbonyl (C=O) groups excluding carboxylic acids is 1. The van der Waals surface area contributed by atoms with Crippen LogP contribution in [0.1, 0.15) is 45.6 Å². The monoisotopic (exact) mass is 316 g/mol. The van der Waals surface area contributed by atoms with E-state index in [9.17, 15) is 4.79 Å². The molecule has 1 aliphatic rings. The number of rotatable bonds is 4. The maximum absolute atomic E-state index is 12.1. The maximum Gasteiger partial charge on any atom is 0.261 e. The van der Waals surface area contributed by atoms with Crippen molar-refractivity contribution >= 4 is 17.2 Å². The lowest BCUT2D eigenvalue weighted by atomic mass is 10.1. The van der Waals surface area contributed by atoms with Crippen molar-refractivity contribution in [3.8, 4) is 0 Å². The van der Waals surface area contributed by atoms with Gasteiger partial charge in [-0.3, -0.25) is 9.69 Å². The summed E-state index contributed by atoms with van der Waals surface area (Å²) in [6, 6.07) is 4.04. The fourth-order valence-electron chi connectivity index (χ4n) is 2.86. The van der Waals surface area contributed by atoms with Crippen molar-refractivity contribution in [2.45, 2.75) is 32.4 Å². The van der Waals surface area contributed by atoms with Gasteiger partial charge in [-0.2, -0.15) is 0 Å². The molecule has 2 aromatic rings. The van der Waals surface area contributed by atoms with Crippen LogP contribution in [0.2, 0.25) is 0 Å². The highest BCUT2D eigenvalue weighted by Crippen LogP contribution is 2.31. The number of aryl methyl sites for hydroxylation is 1. The number of thiophene rings is 1. The fraction of sp³-hybridized carbons (Fsp3) is 0.438. The van der Waals surface area contributed by atoms with Gasteiger partial charge in [-0.15, -0.1) is 11.3 Å². The molecule has 2 aromatic heterocycles. The third kappa shape index (κ3) is 3.18. The number of nitrogens with zero attached hydrogens (tertiary/aromatic N) is 3. The standard InChI is InChI=1S/C16H20N4OS/c1-11-17-9-12(10-18-16(21)14-6-4-8-22-14)15(19-11)13-5-3-7-20(13)2/h4,6,8-9,13H,3,5,7,10H2,1-2H3,(H,18,21)/t13-/m1/s1. The fourth-order valence-corrected chi connectivity index (χ4v) is 3.50. The number of hydrogen-bond donors (Lipinski definition) is 1. The van der Waals surface area contributed by atoms with Gasteiger partial charge in [0.15, 0.2) is 0 Å². The molecule has 1 fully saturated rings. The Hall–Kier alpha value is -1.79. The SMILES string of the molecule is Cc1ncc(CNC(=O)c2cccs2)c([C@H]2CCCN2C)n1. The van der Waals surface area contributed by atoms with Gasteiger partial charge >= 0.3 is 0 Å². The number of likely N-dealkylation sites (tertiary alicyclic amines) is 1. The molecule has 1 saturated heterocycles. The summed E-state index contributed by atoms with van der Waals surface area (Å²) in [6.45, 7) is 3.47. The molecule has 3 heterocycles. The molecule has 116 valence electrons. The predicted molar refractivity (Wildman–Crippen MR) is 86.9 cm³/mol. The second-order valence-electron chi connectivity index (χ2n) is 5.63. The Morgan fingerprint density at radius 2 is 2.41 bits per heavy atom. The van der Waals surface area contributed by atoms with Crippen molar-refractivity contribution in [1.29, 1.82) is 0 Å². The number of aromatic nitrogens is 2. The van der Waals surface area contributed by atoms with Crippen LogP contribution in [0, 0.1) is 6.92 Å². The first-order valence-electron chi connectivity index (χ1n) is 7.49. The van der Waals surface area contributed by atoms with E-state index in [0.717, 1.165) is 34.9 Å². The summed E-state index contributed by atoms with van der Waals surface area (Å²) in [5.41, 5.74) is 2.06. The molecular formula is C16H20N4OS. The number of amides is 1. The van der Waals surface area contributed by atoms with Gasteiger partial charge in [0, 0.05) is 18.3 Å². The minimum Gasteiger partial charge on any atom is -0.347 e. The van der Waals surface area contributed by atoms with Gasteiger partial charge in [0.25, 0.3) is 5.91 Å². The molecule has 0 aliphatic carbocycles. The summed E-state index contributed by atoms with van der Waals surface area (Å²) < 4.78 is 0. The van der Waals surface area contributed by atoms with Crippen molar-refractivity contribution in [1.82, 2.24) is 20.2 Å². The van der Waals surface area contributed by atoms with Gasteiger partial charge in [-0.05, 0) is 44.8 Å². The third-order valence-electron chi connectivity index (χ3n) is 4.04. The minimum absolute atomic E-state index is 0.0405. The molecule has 22 heavy (non-hydrogen) atoms. The molecule has 5 nitrogen and oxygen atoms in total. The maximum atomic E-state index is 12.1. The highest BCUT2D eigenvalue weighted by atomic mass is 32.1. The molecule has 1 N–H and O–H groups in total. The average molecular weight is 316 g/mol. The van der Waals surface area contributed by atoms with Crippen LogP contribution in [0.4, 0.5) is 0 Å². The van der Waals surface area contributed by atoms with E-state index in [1.54, 1.807) is 0 Å². The van der Waals surface area contributed by atoms with E-state index in [2.05, 4.69) is 27.2 Å². The van der Waals surface area contributed by atoms with Gasteiger partial charge in [0.05, 0.1) is 16.6 Å². The molecule has 6 heteroatoms. The normalized spacial score (nSPS) is 18.5. The lowest BCUT2D eigenvalue weighted by molar-refractivity contribution is 0.0954. The van der Waals surface area contributed by atoms with Crippen LogP contribution >= 0.6 is 11.3 Å². The summed E-state index contributed by atoms with van der Waals surface area (Å²) in [5, 5.41) is 4.88. The highest BCUT2D eigenvalue weighted by Gasteiger charge is 2.26. The molecule has 1 aliphatic heterocycles. The van der Waals surface area contributed by atoms with E-state index < -0.39 is 0 Å². The van der Waals surface area contributed by atoms with Gasteiger partial charge in [0.2, 0.25) is 0 Å². The van der Waals surface area contributed by atoms with Crippen LogP contribution in [-0.2, 0) is 6.54 Å². The van der Waals surface area contributed by atoms with Crippen LogP contribution < -0.4 is 5.32 Å². The van der Waals surface area contributed by atoms with Crippen LogP contribution in [0.25, 0.3) is 0 Å². The zero-order valence-electron chi connectivity index (χ0n) is 12.9. The second kappa shape index (κ2) is 6.54. The molecule has 0 aromatic carbocycles. The quantitative estimate of drug-likeness (QED) is 0.942. The Bertz CT molecular complexity index is 656. The highest BCUT2D eigenvalue weighted by molar-refractivity contribution is 7.12. The Morgan fingerprint density at radius 3 is 3.09 bits per heavy atom. The lowest BCUT2D eigenvalue weighted by Gasteiger charge is -2.21. The molecule has 0 saturated carbocycles.